The molecule has 0 fully saturated rings. The third-order valence-corrected chi connectivity index (χ3v) is 5.35. The Labute approximate surface area is 185 Å². The number of thioether (sulfide) groups is 1. The molecule has 0 spiro atoms. The van der Waals surface area contributed by atoms with Crippen LogP contribution in [0.15, 0.2) is 60.3 Å². The maximum absolute atomic E-state index is 13.1. The normalized spacial score (nSPS) is 11.7. The molecule has 3 rings (SSSR count). The Kier molecular flexibility index (Phi) is 7.46. The first-order valence-electron chi connectivity index (χ1n) is 9.83. The number of amides is 1. The van der Waals surface area contributed by atoms with E-state index >= 15 is 0 Å². The van der Waals surface area contributed by atoms with Gasteiger partial charge in [-0.3, -0.25) is 9.36 Å². The van der Waals surface area contributed by atoms with Crippen molar-refractivity contribution in [3.05, 3.63) is 77.9 Å². The number of anilines is 1. The van der Waals surface area contributed by atoms with Gasteiger partial charge in [-0.15, -0.1) is 16.8 Å². The van der Waals surface area contributed by atoms with E-state index in [1.165, 1.54) is 23.9 Å². The van der Waals surface area contributed by atoms with Crippen molar-refractivity contribution in [1.29, 1.82) is 0 Å². The van der Waals surface area contributed by atoms with Gasteiger partial charge in [0.2, 0.25) is 5.91 Å². The number of allylic oxidation sites excluding steroid dienone is 1. The molecule has 1 heterocycles. The average Bonchev–Trinajstić information content (AvgIpc) is 3.10. The molecule has 162 valence electrons. The molecule has 2 aromatic carbocycles. The Bertz CT molecular complexity index is 1050. The zero-order valence-electron chi connectivity index (χ0n) is 17.8. The van der Waals surface area contributed by atoms with E-state index in [-0.39, 0.29) is 17.5 Å². The lowest BCUT2D eigenvalue weighted by Crippen LogP contribution is -2.15. The van der Waals surface area contributed by atoms with Gasteiger partial charge in [0.15, 0.2) is 17.1 Å². The summed E-state index contributed by atoms with van der Waals surface area (Å²) in [6.07, 6.45) is 1.31. The Morgan fingerprint density at radius 3 is 2.55 bits per heavy atom. The second-order valence-electron chi connectivity index (χ2n) is 7.17. The van der Waals surface area contributed by atoms with Gasteiger partial charge in [-0.05, 0) is 68.3 Å². The molecule has 1 N–H and O–H groups in total. The van der Waals surface area contributed by atoms with Gasteiger partial charge in [0.25, 0.3) is 0 Å². The predicted octanol–water partition coefficient (Wildman–Crippen LogP) is 5.09. The van der Waals surface area contributed by atoms with Gasteiger partial charge in [0.05, 0.1) is 5.75 Å². The summed E-state index contributed by atoms with van der Waals surface area (Å²) < 4.78 is 20.8. The van der Waals surface area contributed by atoms with Gasteiger partial charge >= 0.3 is 0 Å². The molecule has 8 heteroatoms. The second-order valence-corrected chi connectivity index (χ2v) is 8.11. The second kappa shape index (κ2) is 10.3. The van der Waals surface area contributed by atoms with Crippen molar-refractivity contribution in [2.24, 2.45) is 0 Å². The van der Waals surface area contributed by atoms with E-state index in [0.717, 1.165) is 16.8 Å². The molecule has 0 saturated heterocycles. The SMILES string of the molecule is C=CCn1c(SCC(=O)Nc2cc(C)cc(C)c2)nnc1C(C)Oc1ccc(F)cc1. The zero-order valence-corrected chi connectivity index (χ0v) is 18.6. The van der Waals surface area contributed by atoms with Gasteiger partial charge in [-0.2, -0.15) is 0 Å². The highest BCUT2D eigenvalue weighted by molar-refractivity contribution is 7.99. The van der Waals surface area contributed by atoms with Crippen LogP contribution in [0.25, 0.3) is 0 Å². The lowest BCUT2D eigenvalue weighted by atomic mass is 10.1. The van der Waals surface area contributed by atoms with Crippen LogP contribution < -0.4 is 10.1 Å². The standard InChI is InChI=1S/C23H25FN4O2S/c1-5-10-28-22(17(4)30-20-8-6-18(24)7-9-20)26-27-23(28)31-14-21(29)25-19-12-15(2)11-16(3)13-19/h5-9,11-13,17H,1,10,14H2,2-4H3,(H,25,29). The summed E-state index contributed by atoms with van der Waals surface area (Å²) in [5, 5.41) is 12.0. The fraction of sp³-hybridized carbons (Fsp3) is 0.261. The number of nitrogens with zero attached hydrogens (tertiary/aromatic N) is 3. The number of aryl methyl sites for hydroxylation is 2. The van der Waals surface area contributed by atoms with E-state index in [1.54, 1.807) is 18.2 Å². The van der Waals surface area contributed by atoms with E-state index in [4.69, 9.17) is 4.74 Å². The average molecular weight is 441 g/mol. The van der Waals surface area contributed by atoms with E-state index in [2.05, 4.69) is 28.2 Å². The topological polar surface area (TPSA) is 69.0 Å². The van der Waals surface area contributed by atoms with E-state index in [0.29, 0.717) is 23.3 Å². The van der Waals surface area contributed by atoms with Gasteiger partial charge in [-0.25, -0.2) is 4.39 Å². The van der Waals surface area contributed by atoms with Crippen LogP contribution in [0.4, 0.5) is 10.1 Å². The first-order chi connectivity index (χ1) is 14.9. The minimum absolute atomic E-state index is 0.125. The quantitative estimate of drug-likeness (QED) is 0.371. The van der Waals surface area contributed by atoms with Crippen LogP contribution in [0.1, 0.15) is 30.0 Å². The number of nitrogens with one attached hydrogen (secondary N) is 1. The van der Waals surface area contributed by atoms with E-state index in [9.17, 15) is 9.18 Å². The van der Waals surface area contributed by atoms with Crippen LogP contribution in [0.2, 0.25) is 0 Å². The minimum Gasteiger partial charge on any atom is -0.483 e. The molecule has 1 amide bonds. The minimum atomic E-state index is -0.420. The summed E-state index contributed by atoms with van der Waals surface area (Å²) in [5.74, 6) is 0.869. The molecule has 0 saturated carbocycles. The molecule has 1 atom stereocenters. The van der Waals surface area contributed by atoms with Crippen molar-refractivity contribution in [1.82, 2.24) is 14.8 Å². The Balaban J connectivity index is 1.67. The van der Waals surface area contributed by atoms with E-state index < -0.39 is 6.10 Å². The van der Waals surface area contributed by atoms with Gasteiger partial charge in [-0.1, -0.05) is 23.9 Å². The third kappa shape index (κ3) is 6.18. The van der Waals surface area contributed by atoms with E-state index in [1.807, 2.05) is 37.5 Å². The first kappa shape index (κ1) is 22.6. The number of carbonyl (C=O) groups excluding carboxylic acids is 1. The number of ether oxygens (including phenoxy) is 1. The lowest BCUT2D eigenvalue weighted by Gasteiger charge is -2.15. The van der Waals surface area contributed by atoms with Crippen molar-refractivity contribution in [3.63, 3.8) is 0 Å². The number of benzene rings is 2. The van der Waals surface area contributed by atoms with Gasteiger partial charge < -0.3 is 10.1 Å². The molecule has 3 aromatic rings. The first-order valence-corrected chi connectivity index (χ1v) is 10.8. The number of aromatic nitrogens is 3. The number of hydrogen-bond donors (Lipinski definition) is 1. The predicted molar refractivity (Wildman–Crippen MR) is 121 cm³/mol. The lowest BCUT2D eigenvalue weighted by molar-refractivity contribution is -0.113. The number of carbonyl (C=O) groups is 1. The fourth-order valence-electron chi connectivity index (χ4n) is 3.15. The van der Waals surface area contributed by atoms with Gasteiger partial charge in [0.1, 0.15) is 11.6 Å². The molecule has 1 unspecified atom stereocenters. The molecule has 0 bridgehead atoms. The third-order valence-electron chi connectivity index (χ3n) is 4.39. The highest BCUT2D eigenvalue weighted by atomic mass is 32.2. The molecule has 0 radical (unpaired) electrons. The summed E-state index contributed by atoms with van der Waals surface area (Å²) in [6.45, 7) is 10.1. The largest absolute Gasteiger partial charge is 0.483 e. The van der Waals surface area contributed by atoms with Crippen molar-refractivity contribution >= 4 is 23.4 Å². The van der Waals surface area contributed by atoms with Crippen LogP contribution in [0.3, 0.4) is 0 Å². The fourth-order valence-corrected chi connectivity index (χ4v) is 3.91. The monoisotopic (exact) mass is 440 g/mol. The van der Waals surface area contributed by atoms with Crippen molar-refractivity contribution in [2.45, 2.75) is 38.6 Å². The molecule has 0 aliphatic heterocycles. The molecular formula is C23H25FN4O2S. The summed E-state index contributed by atoms with van der Waals surface area (Å²) in [5.41, 5.74) is 2.96. The summed E-state index contributed by atoms with van der Waals surface area (Å²) in [7, 11) is 0. The molecule has 31 heavy (non-hydrogen) atoms. The summed E-state index contributed by atoms with van der Waals surface area (Å²) >= 11 is 1.29. The highest BCUT2D eigenvalue weighted by Crippen LogP contribution is 2.25. The van der Waals surface area contributed by atoms with Crippen molar-refractivity contribution in [2.75, 3.05) is 11.1 Å². The Morgan fingerprint density at radius 2 is 1.90 bits per heavy atom. The van der Waals surface area contributed by atoms with Crippen LogP contribution >= 0.6 is 11.8 Å². The molecule has 0 aliphatic carbocycles. The number of halogens is 1. The van der Waals surface area contributed by atoms with Crippen LogP contribution in [-0.4, -0.2) is 26.4 Å². The maximum atomic E-state index is 13.1. The number of hydrogen-bond acceptors (Lipinski definition) is 5. The van der Waals surface area contributed by atoms with Crippen LogP contribution in [0, 0.1) is 19.7 Å². The molecular weight excluding hydrogens is 415 g/mol. The maximum Gasteiger partial charge on any atom is 0.234 e. The number of rotatable bonds is 9. The Hall–Kier alpha value is -3.13. The van der Waals surface area contributed by atoms with Crippen LogP contribution in [-0.2, 0) is 11.3 Å². The zero-order chi connectivity index (χ0) is 22.4. The van der Waals surface area contributed by atoms with Crippen LogP contribution in [0.5, 0.6) is 5.75 Å². The summed E-state index contributed by atoms with van der Waals surface area (Å²) in [4.78, 5) is 12.4. The highest BCUT2D eigenvalue weighted by Gasteiger charge is 2.20. The van der Waals surface area contributed by atoms with Crippen molar-refractivity contribution in [3.8, 4) is 5.75 Å². The summed E-state index contributed by atoms with van der Waals surface area (Å²) in [6, 6.07) is 11.7. The Morgan fingerprint density at radius 1 is 1.23 bits per heavy atom. The molecule has 6 nitrogen and oxygen atoms in total. The van der Waals surface area contributed by atoms with Gasteiger partial charge in [0, 0.05) is 12.2 Å². The van der Waals surface area contributed by atoms with Crippen molar-refractivity contribution < 1.29 is 13.9 Å². The molecule has 0 aliphatic rings. The molecule has 1 aromatic heterocycles. The smallest absolute Gasteiger partial charge is 0.234 e.